The first-order valence-electron chi connectivity index (χ1n) is 7.94. The number of aromatic hydroxyl groups is 1. The molecule has 0 radical (unpaired) electrons. The number of aliphatic hydroxyl groups excluding tert-OH is 1. The molecule has 1 aromatic heterocycles. The van der Waals surface area contributed by atoms with Crippen molar-refractivity contribution in [3.05, 3.63) is 63.5 Å². The van der Waals surface area contributed by atoms with Crippen LogP contribution in [0.15, 0.2) is 41.8 Å². The van der Waals surface area contributed by atoms with Gasteiger partial charge < -0.3 is 14.9 Å². The van der Waals surface area contributed by atoms with Crippen LogP contribution in [0.4, 0.5) is 0 Å². The second-order valence-corrected chi connectivity index (χ2v) is 7.01. The predicted molar refractivity (Wildman–Crippen MR) is 99.6 cm³/mol. The van der Waals surface area contributed by atoms with Crippen molar-refractivity contribution in [2.75, 3.05) is 0 Å². The van der Waals surface area contributed by atoms with Crippen molar-refractivity contribution < 1.29 is 14.9 Å². The molecule has 0 aliphatic carbocycles. The van der Waals surface area contributed by atoms with Gasteiger partial charge in [0, 0.05) is 22.6 Å². The number of phenolic OH excluding ortho intramolecular Hbond substituents is 1. The first kappa shape index (κ1) is 15.9. The van der Waals surface area contributed by atoms with E-state index >= 15 is 0 Å². The van der Waals surface area contributed by atoms with E-state index in [2.05, 4.69) is 32.0 Å². The minimum absolute atomic E-state index is 0.106. The van der Waals surface area contributed by atoms with Gasteiger partial charge in [-0.3, -0.25) is 0 Å². The van der Waals surface area contributed by atoms with E-state index in [0.29, 0.717) is 11.3 Å². The summed E-state index contributed by atoms with van der Waals surface area (Å²) in [4.78, 5) is 4.71. The number of aromatic nitrogens is 1. The molecule has 1 aliphatic heterocycles. The van der Waals surface area contributed by atoms with E-state index in [1.165, 1.54) is 23.0 Å². The highest BCUT2D eigenvalue weighted by Crippen LogP contribution is 2.37. The Kier molecular flexibility index (Phi) is 3.82. The number of ether oxygens (including phenoxy) is 1. The molecule has 0 saturated heterocycles. The second kappa shape index (κ2) is 6.02. The number of phenols is 1. The van der Waals surface area contributed by atoms with Gasteiger partial charge in [-0.25, -0.2) is 4.98 Å². The van der Waals surface area contributed by atoms with E-state index < -0.39 is 6.29 Å². The van der Waals surface area contributed by atoms with Crippen molar-refractivity contribution in [1.29, 1.82) is 0 Å². The third-order valence-electron chi connectivity index (χ3n) is 4.23. The fraction of sp³-hybridized carbons (Fsp3) is 0.150. The number of aryl methyl sites for hydroxylation is 2. The maximum absolute atomic E-state index is 10.3. The number of aliphatic hydroxyl groups is 1. The second-order valence-electron chi connectivity index (χ2n) is 6.15. The Morgan fingerprint density at radius 1 is 1.12 bits per heavy atom. The van der Waals surface area contributed by atoms with Gasteiger partial charge in [-0.2, -0.15) is 0 Å². The van der Waals surface area contributed by atoms with E-state index in [9.17, 15) is 10.2 Å². The fourth-order valence-corrected chi connectivity index (χ4v) is 3.73. The number of hydrogen-bond donors (Lipinski definition) is 2. The highest BCUT2D eigenvalue weighted by Gasteiger charge is 2.24. The number of hydrogen-bond acceptors (Lipinski definition) is 5. The summed E-state index contributed by atoms with van der Waals surface area (Å²) in [6, 6.07) is 11.1. The summed E-state index contributed by atoms with van der Waals surface area (Å²) in [7, 11) is 0. The predicted octanol–water partition coefficient (Wildman–Crippen LogP) is 4.38. The largest absolute Gasteiger partial charge is 0.508 e. The van der Waals surface area contributed by atoms with Crippen LogP contribution in [0.3, 0.4) is 0 Å². The minimum atomic E-state index is -1.10. The van der Waals surface area contributed by atoms with Crippen LogP contribution in [0.1, 0.15) is 21.7 Å². The molecule has 0 amide bonds. The average molecular weight is 351 g/mol. The Morgan fingerprint density at radius 2 is 1.96 bits per heavy atom. The third kappa shape index (κ3) is 2.92. The molecule has 0 fully saturated rings. The lowest BCUT2D eigenvalue weighted by molar-refractivity contribution is 0.0318. The highest BCUT2D eigenvalue weighted by molar-refractivity contribution is 7.11. The van der Waals surface area contributed by atoms with Gasteiger partial charge in [-0.05, 0) is 43.7 Å². The van der Waals surface area contributed by atoms with Crippen molar-refractivity contribution in [3.8, 4) is 22.8 Å². The molecule has 1 unspecified atom stereocenters. The zero-order chi connectivity index (χ0) is 17.6. The lowest BCUT2D eigenvalue weighted by Crippen LogP contribution is -2.20. The Morgan fingerprint density at radius 3 is 2.80 bits per heavy atom. The Labute approximate surface area is 149 Å². The van der Waals surface area contributed by atoms with Crippen LogP contribution in [-0.4, -0.2) is 21.5 Å². The molecule has 4 nitrogen and oxygen atoms in total. The number of thiazole rings is 1. The first-order chi connectivity index (χ1) is 12.0. The molecule has 2 N–H and O–H groups in total. The summed E-state index contributed by atoms with van der Waals surface area (Å²) in [5.74, 6) is 0.566. The number of benzene rings is 2. The molecule has 0 bridgehead atoms. The van der Waals surface area contributed by atoms with Gasteiger partial charge in [0.25, 0.3) is 0 Å². The smallest absolute Gasteiger partial charge is 0.227 e. The van der Waals surface area contributed by atoms with Crippen LogP contribution < -0.4 is 4.74 Å². The monoisotopic (exact) mass is 351 g/mol. The molecule has 3 aromatic rings. The number of fused-ring (bicyclic) bond motifs is 1. The van der Waals surface area contributed by atoms with Gasteiger partial charge in [-0.1, -0.05) is 17.7 Å². The standard InChI is InChI=1S/C20H17NO3S/c1-11-3-4-12(2)15(7-11)17-10-25-19(21-17)16-8-13-5-6-14(22)9-18(13)24-20(16)23/h3-10,20,22-23H,1-2H3. The fourth-order valence-electron chi connectivity index (χ4n) is 2.88. The Bertz CT molecular complexity index is 990. The van der Waals surface area contributed by atoms with Crippen LogP contribution in [0.25, 0.3) is 22.9 Å². The molecule has 0 saturated carbocycles. The summed E-state index contributed by atoms with van der Waals surface area (Å²) in [6.07, 6.45) is 0.751. The lowest BCUT2D eigenvalue weighted by Gasteiger charge is -2.22. The molecule has 25 heavy (non-hydrogen) atoms. The maximum Gasteiger partial charge on any atom is 0.227 e. The quantitative estimate of drug-likeness (QED) is 0.719. The lowest BCUT2D eigenvalue weighted by atomic mass is 10.0. The third-order valence-corrected chi connectivity index (χ3v) is 5.12. The molecular weight excluding hydrogens is 334 g/mol. The van der Waals surface area contributed by atoms with Crippen LogP contribution in [0, 0.1) is 13.8 Å². The van der Waals surface area contributed by atoms with E-state index in [1.807, 2.05) is 11.5 Å². The molecular formula is C20H17NO3S. The molecule has 1 atom stereocenters. The number of nitrogens with zero attached hydrogens (tertiary/aromatic N) is 1. The summed E-state index contributed by atoms with van der Waals surface area (Å²) in [5, 5.41) is 22.6. The van der Waals surface area contributed by atoms with E-state index in [0.717, 1.165) is 27.4 Å². The van der Waals surface area contributed by atoms with Crippen molar-refractivity contribution in [2.45, 2.75) is 20.1 Å². The van der Waals surface area contributed by atoms with E-state index in [4.69, 9.17) is 9.72 Å². The average Bonchev–Trinajstić information content (AvgIpc) is 3.06. The van der Waals surface area contributed by atoms with Gasteiger partial charge in [0.2, 0.25) is 6.29 Å². The molecule has 126 valence electrons. The Hall–Kier alpha value is -2.63. The van der Waals surface area contributed by atoms with E-state index in [1.54, 1.807) is 12.1 Å². The van der Waals surface area contributed by atoms with Crippen LogP contribution in [0.5, 0.6) is 11.5 Å². The first-order valence-corrected chi connectivity index (χ1v) is 8.82. The van der Waals surface area contributed by atoms with Gasteiger partial charge in [0.1, 0.15) is 16.5 Å². The van der Waals surface area contributed by atoms with Crippen LogP contribution >= 0.6 is 11.3 Å². The highest BCUT2D eigenvalue weighted by atomic mass is 32.1. The zero-order valence-corrected chi connectivity index (χ0v) is 14.7. The van der Waals surface area contributed by atoms with Gasteiger partial charge in [0.15, 0.2) is 0 Å². The molecule has 2 heterocycles. The van der Waals surface area contributed by atoms with Gasteiger partial charge in [-0.15, -0.1) is 11.3 Å². The maximum atomic E-state index is 10.3. The van der Waals surface area contributed by atoms with E-state index in [-0.39, 0.29) is 5.75 Å². The van der Waals surface area contributed by atoms with Crippen LogP contribution in [0.2, 0.25) is 0 Å². The normalized spacial score (nSPS) is 16.1. The summed E-state index contributed by atoms with van der Waals surface area (Å²) < 4.78 is 5.53. The summed E-state index contributed by atoms with van der Waals surface area (Å²) >= 11 is 1.48. The topological polar surface area (TPSA) is 62.6 Å². The summed E-state index contributed by atoms with van der Waals surface area (Å²) in [6.45, 7) is 4.12. The molecule has 4 rings (SSSR count). The summed E-state index contributed by atoms with van der Waals surface area (Å²) in [5.41, 5.74) is 5.77. The van der Waals surface area contributed by atoms with Gasteiger partial charge in [0.05, 0.1) is 11.3 Å². The van der Waals surface area contributed by atoms with Crippen molar-refractivity contribution in [1.82, 2.24) is 4.98 Å². The molecule has 5 heteroatoms. The van der Waals surface area contributed by atoms with Crippen molar-refractivity contribution >= 4 is 23.0 Å². The van der Waals surface area contributed by atoms with Crippen molar-refractivity contribution in [2.24, 2.45) is 0 Å². The minimum Gasteiger partial charge on any atom is -0.508 e. The van der Waals surface area contributed by atoms with Crippen LogP contribution in [-0.2, 0) is 0 Å². The number of rotatable bonds is 2. The molecule has 0 spiro atoms. The molecule has 2 aromatic carbocycles. The SMILES string of the molecule is Cc1ccc(C)c(-c2csc(C3=Cc4ccc(O)cc4OC3O)n2)c1. The van der Waals surface area contributed by atoms with Gasteiger partial charge >= 0.3 is 0 Å². The van der Waals surface area contributed by atoms with Crippen molar-refractivity contribution in [3.63, 3.8) is 0 Å². The Balaban J connectivity index is 1.75. The molecule has 1 aliphatic rings. The zero-order valence-electron chi connectivity index (χ0n) is 13.9.